The number of allylic oxidation sites excluding steroid dienone is 2. The third kappa shape index (κ3) is 43.1. The minimum atomic E-state index is -1.12. The van der Waals surface area contributed by atoms with Gasteiger partial charge in [-0.25, -0.2) is 0 Å². The van der Waals surface area contributed by atoms with Gasteiger partial charge in [-0.1, -0.05) is 212 Å². The van der Waals surface area contributed by atoms with Crippen LogP contribution in [0.4, 0.5) is 0 Å². The van der Waals surface area contributed by atoms with Crippen LogP contribution in [0.25, 0.3) is 0 Å². The average molecular weight is 864 g/mol. The highest BCUT2D eigenvalue weighted by atomic mass is 16.6. The topological polar surface area (TPSA) is 102 Å². The maximum atomic E-state index is 12.7. The predicted octanol–water partition coefficient (Wildman–Crippen LogP) is 13.7. The Labute approximate surface area is 378 Å². The van der Waals surface area contributed by atoms with Gasteiger partial charge in [0.15, 0.2) is 6.10 Å². The van der Waals surface area contributed by atoms with E-state index in [2.05, 4.69) is 26.0 Å². The number of hydrogen-bond donors (Lipinski definition) is 0. The van der Waals surface area contributed by atoms with Crippen molar-refractivity contribution >= 4 is 17.9 Å². The summed E-state index contributed by atoms with van der Waals surface area (Å²) in [5.41, 5.74) is 0. The second-order valence-electron chi connectivity index (χ2n) is 19.1. The molecule has 360 valence electrons. The van der Waals surface area contributed by atoms with Gasteiger partial charge in [-0.15, -0.1) is 0 Å². The molecule has 0 aliphatic rings. The number of unbranched alkanes of at least 4 members (excludes halogenated alkanes) is 32. The second-order valence-corrected chi connectivity index (χ2v) is 19.1. The Bertz CT molecular complexity index is 1010. The Kier molecular flexibility index (Phi) is 43.3. The predicted molar refractivity (Wildman–Crippen MR) is 254 cm³/mol. The zero-order valence-corrected chi connectivity index (χ0v) is 41.1. The fourth-order valence-corrected chi connectivity index (χ4v) is 8.07. The molecular formula is C53H101NO7. The Hall–Kier alpha value is -1.93. The van der Waals surface area contributed by atoms with Gasteiger partial charge in [-0.3, -0.25) is 9.59 Å². The van der Waals surface area contributed by atoms with E-state index >= 15 is 0 Å². The molecule has 0 bridgehead atoms. The molecule has 61 heavy (non-hydrogen) atoms. The van der Waals surface area contributed by atoms with Crippen LogP contribution in [0.3, 0.4) is 0 Å². The zero-order chi connectivity index (χ0) is 44.9. The molecule has 0 fully saturated rings. The summed E-state index contributed by atoms with van der Waals surface area (Å²) in [5.74, 6) is -1.73. The SMILES string of the molecule is CCCCCC/C=C\CCCCCCCC(=O)OC(COCCC(C(=O)[O-])[N+](C)(C)C)COC(=O)CCCCCCCCCCCCCCCCCCCCCCCCCC. The van der Waals surface area contributed by atoms with E-state index in [1.54, 1.807) is 21.1 Å². The van der Waals surface area contributed by atoms with Crippen LogP contribution < -0.4 is 5.11 Å². The zero-order valence-electron chi connectivity index (χ0n) is 41.1. The molecule has 0 N–H and O–H groups in total. The van der Waals surface area contributed by atoms with Crippen molar-refractivity contribution < 1.29 is 38.2 Å². The van der Waals surface area contributed by atoms with Gasteiger partial charge in [0, 0.05) is 19.3 Å². The quantitative estimate of drug-likeness (QED) is 0.0260. The van der Waals surface area contributed by atoms with Crippen LogP contribution in [0, 0.1) is 0 Å². The number of carboxylic acid groups (broad SMARTS) is 1. The molecule has 0 radical (unpaired) electrons. The highest BCUT2D eigenvalue weighted by Crippen LogP contribution is 2.17. The molecule has 0 rings (SSSR count). The van der Waals surface area contributed by atoms with Crippen LogP contribution in [0.2, 0.25) is 0 Å². The van der Waals surface area contributed by atoms with Gasteiger partial charge in [-0.2, -0.15) is 0 Å². The van der Waals surface area contributed by atoms with Crippen molar-refractivity contribution in [2.24, 2.45) is 0 Å². The number of carbonyl (C=O) groups excluding carboxylic acids is 3. The van der Waals surface area contributed by atoms with Crippen LogP contribution in [0.5, 0.6) is 0 Å². The first-order valence-corrected chi connectivity index (χ1v) is 26.2. The van der Waals surface area contributed by atoms with Gasteiger partial charge in [0.25, 0.3) is 0 Å². The molecule has 0 saturated heterocycles. The molecule has 2 unspecified atom stereocenters. The van der Waals surface area contributed by atoms with Gasteiger partial charge in [0.2, 0.25) is 0 Å². The fourth-order valence-electron chi connectivity index (χ4n) is 8.07. The van der Waals surface area contributed by atoms with Crippen molar-refractivity contribution in [3.63, 3.8) is 0 Å². The molecule has 0 aromatic heterocycles. The van der Waals surface area contributed by atoms with E-state index in [0.29, 0.717) is 12.8 Å². The summed E-state index contributed by atoms with van der Waals surface area (Å²) < 4.78 is 17.2. The maximum Gasteiger partial charge on any atom is 0.306 e. The van der Waals surface area contributed by atoms with E-state index in [9.17, 15) is 19.5 Å². The number of carbonyl (C=O) groups is 3. The Balaban J connectivity index is 4.10. The van der Waals surface area contributed by atoms with Crippen LogP contribution in [0.15, 0.2) is 12.2 Å². The van der Waals surface area contributed by atoms with Crippen molar-refractivity contribution in [2.45, 2.75) is 270 Å². The van der Waals surface area contributed by atoms with Crippen LogP contribution in [-0.2, 0) is 28.6 Å². The third-order valence-corrected chi connectivity index (χ3v) is 12.2. The lowest BCUT2D eigenvalue weighted by Crippen LogP contribution is -2.55. The normalized spacial score (nSPS) is 12.9. The van der Waals surface area contributed by atoms with E-state index in [-0.39, 0.29) is 42.7 Å². The third-order valence-electron chi connectivity index (χ3n) is 12.2. The van der Waals surface area contributed by atoms with Crippen molar-refractivity contribution in [3.05, 3.63) is 12.2 Å². The molecule has 8 heteroatoms. The molecule has 0 aromatic carbocycles. The molecule has 8 nitrogen and oxygen atoms in total. The number of esters is 2. The van der Waals surface area contributed by atoms with E-state index in [4.69, 9.17) is 14.2 Å². The van der Waals surface area contributed by atoms with Crippen molar-refractivity contribution in [3.8, 4) is 0 Å². The molecular weight excluding hydrogens is 763 g/mol. The summed E-state index contributed by atoms with van der Waals surface area (Å²) in [4.78, 5) is 37.0. The Morgan fingerprint density at radius 2 is 0.820 bits per heavy atom. The van der Waals surface area contributed by atoms with Gasteiger partial charge in [-0.05, 0) is 38.5 Å². The van der Waals surface area contributed by atoms with Crippen LogP contribution in [0.1, 0.15) is 258 Å². The van der Waals surface area contributed by atoms with E-state index in [0.717, 1.165) is 51.4 Å². The van der Waals surface area contributed by atoms with Crippen molar-refractivity contribution in [1.29, 1.82) is 0 Å². The van der Waals surface area contributed by atoms with Crippen molar-refractivity contribution in [1.82, 2.24) is 0 Å². The fraction of sp³-hybridized carbons (Fsp3) is 0.906. The highest BCUT2D eigenvalue weighted by molar-refractivity contribution is 5.70. The molecule has 0 spiro atoms. The molecule has 0 aromatic rings. The first-order valence-electron chi connectivity index (χ1n) is 26.2. The minimum absolute atomic E-state index is 0.0432. The minimum Gasteiger partial charge on any atom is -0.544 e. The summed E-state index contributed by atoms with van der Waals surface area (Å²) >= 11 is 0. The standard InChI is InChI=1S/C53H101NO7/c1-6-8-10-12-14-16-18-20-21-22-23-24-25-26-27-28-29-30-32-33-35-37-39-41-43-51(55)60-48-49(47-59-46-45-50(53(57)58)54(3,4)5)61-52(56)44-42-40-38-36-34-31-19-17-15-13-11-9-7-2/h17,19,49-50H,6-16,18,20-48H2,1-5H3/b19-17-. The first kappa shape index (κ1) is 59.1. The maximum absolute atomic E-state index is 12.7. The molecule has 2 atom stereocenters. The van der Waals surface area contributed by atoms with E-state index in [1.807, 2.05) is 0 Å². The van der Waals surface area contributed by atoms with Gasteiger partial charge < -0.3 is 28.6 Å². The van der Waals surface area contributed by atoms with E-state index < -0.39 is 18.1 Å². The smallest absolute Gasteiger partial charge is 0.306 e. The number of carboxylic acids is 1. The summed E-state index contributed by atoms with van der Waals surface area (Å²) in [6.45, 7) is 4.68. The van der Waals surface area contributed by atoms with Crippen molar-refractivity contribution in [2.75, 3.05) is 41.0 Å². The number of aliphatic carboxylic acids is 1. The number of quaternary nitrogens is 1. The molecule has 0 aliphatic heterocycles. The molecule has 0 amide bonds. The van der Waals surface area contributed by atoms with Gasteiger partial charge >= 0.3 is 11.9 Å². The number of nitrogens with zero attached hydrogens (tertiary/aromatic N) is 1. The van der Waals surface area contributed by atoms with Gasteiger partial charge in [0.05, 0.1) is 40.3 Å². The molecule has 0 saturated carbocycles. The monoisotopic (exact) mass is 864 g/mol. The molecule has 0 aliphatic carbocycles. The van der Waals surface area contributed by atoms with Crippen LogP contribution >= 0.6 is 0 Å². The first-order chi connectivity index (χ1) is 29.6. The molecule has 0 heterocycles. The number of rotatable bonds is 48. The Morgan fingerprint density at radius 3 is 1.20 bits per heavy atom. The summed E-state index contributed by atoms with van der Waals surface area (Å²) in [7, 11) is 5.42. The number of likely N-dealkylation sites (N-methyl/N-ethyl adjacent to an activating group) is 1. The summed E-state index contributed by atoms with van der Waals surface area (Å²) in [6, 6.07) is -0.723. The Morgan fingerprint density at radius 1 is 0.475 bits per heavy atom. The lowest BCUT2D eigenvalue weighted by Gasteiger charge is -2.34. The lowest BCUT2D eigenvalue weighted by atomic mass is 10.0. The second kappa shape index (κ2) is 44.7. The average Bonchev–Trinajstić information content (AvgIpc) is 3.22. The summed E-state index contributed by atoms with van der Waals surface area (Å²) in [6.07, 6.45) is 49.7. The van der Waals surface area contributed by atoms with Crippen LogP contribution in [-0.4, -0.2) is 75.5 Å². The van der Waals surface area contributed by atoms with Gasteiger partial charge in [0.1, 0.15) is 12.6 Å². The highest BCUT2D eigenvalue weighted by Gasteiger charge is 2.25. The number of hydrogen-bond acceptors (Lipinski definition) is 7. The number of ether oxygens (including phenoxy) is 3. The summed E-state index contributed by atoms with van der Waals surface area (Å²) in [5, 5.41) is 11.6. The van der Waals surface area contributed by atoms with E-state index in [1.165, 1.54) is 173 Å². The lowest BCUT2D eigenvalue weighted by molar-refractivity contribution is -0.889. The largest absolute Gasteiger partial charge is 0.544 e.